The van der Waals surface area contributed by atoms with Crippen molar-refractivity contribution in [2.24, 2.45) is 5.16 Å². The zero-order chi connectivity index (χ0) is 11.4. The third kappa shape index (κ3) is 2.14. The topological polar surface area (TPSA) is 78.3 Å². The van der Waals surface area contributed by atoms with E-state index in [2.05, 4.69) is 15.1 Å². The van der Waals surface area contributed by atoms with E-state index in [0.717, 1.165) is 11.8 Å². The monoisotopic (exact) mass is 215 g/mol. The lowest BCUT2D eigenvalue weighted by atomic mass is 10.1. The molecule has 0 bridgehead atoms. The van der Waals surface area contributed by atoms with Gasteiger partial charge < -0.3 is 10.2 Å². The third-order valence-corrected chi connectivity index (χ3v) is 2.03. The fourth-order valence-corrected chi connectivity index (χ4v) is 1.37. The largest absolute Gasteiger partial charge is 0.411 e. The van der Waals surface area contributed by atoms with E-state index in [9.17, 15) is 4.79 Å². The molecule has 1 aromatic carbocycles. The smallest absolute Gasteiger partial charge is 0.345 e. The van der Waals surface area contributed by atoms with Crippen molar-refractivity contribution in [2.75, 3.05) is 0 Å². The molecule has 80 valence electrons. The van der Waals surface area contributed by atoms with Crippen molar-refractivity contribution >= 4 is 6.21 Å². The van der Waals surface area contributed by atoms with E-state index in [1.807, 2.05) is 30.3 Å². The first kappa shape index (κ1) is 10.1. The van der Waals surface area contributed by atoms with Crippen molar-refractivity contribution in [3.05, 3.63) is 52.6 Å². The Morgan fingerprint density at radius 1 is 1.31 bits per heavy atom. The van der Waals surface area contributed by atoms with E-state index in [-0.39, 0.29) is 0 Å². The average Bonchev–Trinajstić information content (AvgIpc) is 2.30. The maximum Gasteiger partial charge on any atom is 0.345 e. The van der Waals surface area contributed by atoms with E-state index in [0.29, 0.717) is 11.4 Å². The van der Waals surface area contributed by atoms with Crippen LogP contribution in [0.25, 0.3) is 11.3 Å². The highest BCUT2D eigenvalue weighted by Crippen LogP contribution is 2.14. The highest BCUT2D eigenvalue weighted by molar-refractivity contribution is 5.78. The van der Waals surface area contributed by atoms with Gasteiger partial charge in [0.05, 0.1) is 17.6 Å². The van der Waals surface area contributed by atoms with Crippen LogP contribution in [0.3, 0.4) is 0 Å². The second-order valence-electron chi connectivity index (χ2n) is 3.14. The summed E-state index contributed by atoms with van der Waals surface area (Å²) in [5, 5.41) is 11.3. The lowest BCUT2D eigenvalue weighted by molar-refractivity contribution is 0.321. The van der Waals surface area contributed by atoms with E-state index in [4.69, 9.17) is 5.21 Å². The van der Waals surface area contributed by atoms with E-state index >= 15 is 0 Å². The van der Waals surface area contributed by atoms with Crippen LogP contribution in [0.2, 0.25) is 0 Å². The Morgan fingerprint density at radius 3 is 2.75 bits per heavy atom. The highest BCUT2D eigenvalue weighted by atomic mass is 16.4. The number of nitrogens with zero attached hydrogens (tertiary/aromatic N) is 2. The number of hydrogen-bond donors (Lipinski definition) is 2. The van der Waals surface area contributed by atoms with Crippen LogP contribution < -0.4 is 5.69 Å². The maximum absolute atomic E-state index is 11.2. The Morgan fingerprint density at radius 2 is 2.06 bits per heavy atom. The Labute approximate surface area is 91.1 Å². The Balaban J connectivity index is 2.54. The molecule has 0 fully saturated rings. The number of aromatic nitrogens is 2. The van der Waals surface area contributed by atoms with E-state index in [1.165, 1.54) is 0 Å². The van der Waals surface area contributed by atoms with Crippen LogP contribution >= 0.6 is 0 Å². The van der Waals surface area contributed by atoms with Crippen LogP contribution in [0.5, 0.6) is 0 Å². The van der Waals surface area contributed by atoms with Crippen molar-refractivity contribution in [3.8, 4) is 11.3 Å². The minimum atomic E-state index is -0.476. The van der Waals surface area contributed by atoms with Crippen molar-refractivity contribution < 1.29 is 5.21 Å². The molecular weight excluding hydrogens is 206 g/mol. The van der Waals surface area contributed by atoms with Gasteiger partial charge in [0.15, 0.2) is 0 Å². The Kier molecular flexibility index (Phi) is 2.77. The van der Waals surface area contributed by atoms with Gasteiger partial charge >= 0.3 is 5.69 Å². The first-order chi connectivity index (χ1) is 7.79. The molecule has 5 heteroatoms. The van der Waals surface area contributed by atoms with Crippen molar-refractivity contribution in [3.63, 3.8) is 0 Å². The third-order valence-electron chi connectivity index (χ3n) is 2.03. The first-order valence-electron chi connectivity index (χ1n) is 4.64. The molecule has 2 rings (SSSR count). The molecule has 0 unspecified atom stereocenters. The van der Waals surface area contributed by atoms with Crippen LogP contribution in [0, 0.1) is 0 Å². The summed E-state index contributed by atoms with van der Waals surface area (Å²) in [4.78, 5) is 17.5. The molecule has 0 saturated heterocycles. The molecule has 0 radical (unpaired) electrons. The molecule has 0 spiro atoms. The molecule has 0 saturated carbocycles. The number of benzene rings is 1. The van der Waals surface area contributed by atoms with Crippen LogP contribution in [-0.2, 0) is 0 Å². The molecule has 0 atom stereocenters. The van der Waals surface area contributed by atoms with Gasteiger partial charge in [-0.3, -0.25) is 0 Å². The van der Waals surface area contributed by atoms with E-state index in [1.54, 1.807) is 6.07 Å². The van der Waals surface area contributed by atoms with Gasteiger partial charge in [0.25, 0.3) is 0 Å². The summed E-state index contributed by atoms with van der Waals surface area (Å²) in [5.41, 5.74) is 1.30. The summed E-state index contributed by atoms with van der Waals surface area (Å²) < 4.78 is 0. The Hall–Kier alpha value is -2.43. The van der Waals surface area contributed by atoms with Crippen LogP contribution in [-0.4, -0.2) is 21.4 Å². The predicted molar refractivity (Wildman–Crippen MR) is 59.7 cm³/mol. The SMILES string of the molecule is O=c1nc(-c2ccccc2)cc(/C=N\O)[nH]1. The minimum Gasteiger partial charge on any atom is -0.411 e. The summed E-state index contributed by atoms with van der Waals surface area (Å²) in [6.07, 6.45) is 1.15. The Bertz CT molecular complexity index is 561. The van der Waals surface area contributed by atoms with Crippen molar-refractivity contribution in [2.45, 2.75) is 0 Å². The summed E-state index contributed by atoms with van der Waals surface area (Å²) >= 11 is 0. The van der Waals surface area contributed by atoms with Gasteiger partial charge in [-0.15, -0.1) is 0 Å². The molecule has 0 aliphatic carbocycles. The van der Waals surface area contributed by atoms with E-state index < -0.39 is 5.69 Å². The second-order valence-corrected chi connectivity index (χ2v) is 3.14. The lowest BCUT2D eigenvalue weighted by Gasteiger charge is -2.00. The van der Waals surface area contributed by atoms with Gasteiger partial charge in [0.1, 0.15) is 0 Å². The molecule has 5 nitrogen and oxygen atoms in total. The maximum atomic E-state index is 11.2. The number of hydrogen-bond acceptors (Lipinski definition) is 4. The number of rotatable bonds is 2. The molecule has 1 aromatic heterocycles. The fraction of sp³-hybridized carbons (Fsp3) is 0. The summed E-state index contributed by atoms with van der Waals surface area (Å²) in [7, 11) is 0. The molecule has 16 heavy (non-hydrogen) atoms. The molecule has 0 amide bonds. The summed E-state index contributed by atoms with van der Waals surface area (Å²) in [6, 6.07) is 10.9. The van der Waals surface area contributed by atoms with Gasteiger partial charge in [0.2, 0.25) is 0 Å². The van der Waals surface area contributed by atoms with Gasteiger partial charge in [-0.25, -0.2) is 4.79 Å². The van der Waals surface area contributed by atoms with Crippen molar-refractivity contribution in [1.29, 1.82) is 0 Å². The zero-order valence-corrected chi connectivity index (χ0v) is 8.29. The average molecular weight is 215 g/mol. The van der Waals surface area contributed by atoms with Gasteiger partial charge in [-0.05, 0) is 6.07 Å². The molecule has 0 aliphatic rings. The predicted octanol–water partition coefficient (Wildman–Crippen LogP) is 1.24. The summed E-state index contributed by atoms with van der Waals surface area (Å²) in [6.45, 7) is 0. The first-order valence-corrected chi connectivity index (χ1v) is 4.64. The lowest BCUT2D eigenvalue weighted by Crippen LogP contribution is -2.13. The highest BCUT2D eigenvalue weighted by Gasteiger charge is 2.01. The number of aromatic amines is 1. The normalized spacial score (nSPS) is 10.8. The van der Waals surface area contributed by atoms with Gasteiger partial charge in [0, 0.05) is 5.56 Å². The van der Waals surface area contributed by atoms with Crippen LogP contribution in [0.15, 0.2) is 46.3 Å². The molecule has 2 N–H and O–H groups in total. The standard InChI is InChI=1S/C11H9N3O2/c15-11-13-9(7-12-16)6-10(14-11)8-4-2-1-3-5-8/h1-7,16H,(H,13,14,15)/b12-7-. The fourth-order valence-electron chi connectivity index (χ4n) is 1.37. The quantitative estimate of drug-likeness (QED) is 0.449. The summed E-state index contributed by atoms with van der Waals surface area (Å²) in [5.74, 6) is 0. The minimum absolute atomic E-state index is 0.404. The van der Waals surface area contributed by atoms with Crippen molar-refractivity contribution in [1.82, 2.24) is 9.97 Å². The number of nitrogens with one attached hydrogen (secondary N) is 1. The van der Waals surface area contributed by atoms with Gasteiger partial charge in [-0.1, -0.05) is 35.5 Å². The molecule has 1 heterocycles. The molecule has 0 aliphatic heterocycles. The van der Waals surface area contributed by atoms with Crippen LogP contribution in [0.4, 0.5) is 0 Å². The number of H-pyrrole nitrogens is 1. The molecule has 2 aromatic rings. The second kappa shape index (κ2) is 4.39. The zero-order valence-electron chi connectivity index (χ0n) is 8.29. The molecular formula is C11H9N3O2. The number of oxime groups is 1. The van der Waals surface area contributed by atoms with Crippen LogP contribution in [0.1, 0.15) is 5.69 Å². The van der Waals surface area contributed by atoms with Gasteiger partial charge in [-0.2, -0.15) is 4.98 Å².